The second-order valence-corrected chi connectivity index (χ2v) is 8.79. The van der Waals surface area contributed by atoms with Gasteiger partial charge in [-0.2, -0.15) is 4.98 Å². The number of hydrogen-bond acceptors (Lipinski definition) is 5. The highest BCUT2D eigenvalue weighted by Gasteiger charge is 2.20. The van der Waals surface area contributed by atoms with Crippen molar-refractivity contribution in [3.8, 4) is 5.88 Å². The maximum absolute atomic E-state index is 6.24. The van der Waals surface area contributed by atoms with Crippen LogP contribution in [0.15, 0.2) is 48.8 Å². The average molecular weight is 460 g/mol. The van der Waals surface area contributed by atoms with Gasteiger partial charge < -0.3 is 19.9 Å². The monoisotopic (exact) mass is 459 g/mol. The van der Waals surface area contributed by atoms with Crippen LogP contribution < -0.4 is 10.1 Å². The molecule has 0 spiro atoms. The van der Waals surface area contributed by atoms with Gasteiger partial charge in [0.1, 0.15) is 11.6 Å². The normalized spacial score (nSPS) is 17.6. The Bertz CT molecular complexity index is 962. The van der Waals surface area contributed by atoms with E-state index < -0.39 is 0 Å². The molecule has 3 heterocycles. The summed E-state index contributed by atoms with van der Waals surface area (Å²) in [6.45, 7) is 2.08. The molecule has 2 atom stereocenters. The fourth-order valence-corrected chi connectivity index (χ4v) is 4.60. The molecule has 4 rings (SSSR count). The van der Waals surface area contributed by atoms with E-state index in [1.807, 2.05) is 30.3 Å². The first-order chi connectivity index (χ1) is 15.1. The highest BCUT2D eigenvalue weighted by atomic mass is 35.5. The van der Waals surface area contributed by atoms with Gasteiger partial charge in [0.15, 0.2) is 6.10 Å². The van der Waals surface area contributed by atoms with Crippen LogP contribution in [0.25, 0.3) is 0 Å². The topological polar surface area (TPSA) is 66.1 Å². The van der Waals surface area contributed by atoms with Crippen LogP contribution in [0.3, 0.4) is 0 Å². The molecule has 164 valence electrons. The number of pyridine rings is 1. The van der Waals surface area contributed by atoms with Crippen LogP contribution in [0.2, 0.25) is 10.0 Å². The molecule has 2 unspecified atom stereocenters. The fraction of sp³-hybridized carbons (Fsp3) is 0.391. The predicted molar refractivity (Wildman–Crippen MR) is 125 cm³/mol. The molecule has 1 aliphatic rings. The van der Waals surface area contributed by atoms with Gasteiger partial charge in [0.05, 0.1) is 0 Å². The maximum Gasteiger partial charge on any atom is 0.215 e. The van der Waals surface area contributed by atoms with Gasteiger partial charge in [0.25, 0.3) is 0 Å². The van der Waals surface area contributed by atoms with Gasteiger partial charge in [-0.3, -0.25) is 0 Å². The van der Waals surface area contributed by atoms with E-state index >= 15 is 0 Å². The third-order valence-electron chi connectivity index (χ3n) is 5.61. The third kappa shape index (κ3) is 6.12. The molecule has 2 N–H and O–H groups in total. The standard InChI is InChI=1S/C23H27Cl2N5O/c1-30-11-3-4-19(30)7-8-26-21-5-2-6-22(29-21)31-20(23-27-9-10-28-23)14-16-12-17(24)15-18(25)13-16/h2,5-6,9-10,12-13,15,19-20H,3-4,7-8,11,14H2,1H3,(H,26,29)(H,27,28). The summed E-state index contributed by atoms with van der Waals surface area (Å²) in [6.07, 6.45) is 7.36. The molecule has 1 aromatic carbocycles. The third-order valence-corrected chi connectivity index (χ3v) is 6.05. The summed E-state index contributed by atoms with van der Waals surface area (Å²) in [5.74, 6) is 2.07. The van der Waals surface area contributed by atoms with Crippen molar-refractivity contribution in [3.63, 3.8) is 0 Å². The summed E-state index contributed by atoms with van der Waals surface area (Å²) >= 11 is 12.3. The molecular formula is C23H27Cl2N5O. The number of nitrogens with one attached hydrogen (secondary N) is 2. The summed E-state index contributed by atoms with van der Waals surface area (Å²) in [6, 6.07) is 11.9. The first kappa shape index (κ1) is 21.9. The van der Waals surface area contributed by atoms with Crippen molar-refractivity contribution < 1.29 is 4.74 Å². The molecule has 31 heavy (non-hydrogen) atoms. The van der Waals surface area contributed by atoms with Crippen LogP contribution in [0.4, 0.5) is 5.82 Å². The van der Waals surface area contributed by atoms with Gasteiger partial charge in [-0.15, -0.1) is 0 Å². The van der Waals surface area contributed by atoms with Crippen LogP contribution in [0.5, 0.6) is 5.88 Å². The number of nitrogens with zero attached hydrogens (tertiary/aromatic N) is 3. The van der Waals surface area contributed by atoms with Crippen LogP contribution in [0.1, 0.15) is 36.8 Å². The highest BCUT2D eigenvalue weighted by Crippen LogP contribution is 2.27. The van der Waals surface area contributed by atoms with Crippen molar-refractivity contribution in [2.75, 3.05) is 25.5 Å². The van der Waals surface area contributed by atoms with E-state index in [9.17, 15) is 0 Å². The SMILES string of the molecule is CN1CCCC1CCNc1cccc(OC(Cc2cc(Cl)cc(Cl)c2)c2ncc[nH]2)n1. The Morgan fingerprint density at radius 1 is 1.26 bits per heavy atom. The summed E-state index contributed by atoms with van der Waals surface area (Å²) < 4.78 is 6.24. The van der Waals surface area contributed by atoms with Crippen LogP contribution >= 0.6 is 23.2 Å². The Labute approximate surface area is 193 Å². The van der Waals surface area contributed by atoms with Gasteiger partial charge in [-0.25, -0.2) is 4.98 Å². The number of halogens is 2. The van der Waals surface area contributed by atoms with Gasteiger partial charge in [0, 0.05) is 47.5 Å². The Hall–Kier alpha value is -2.28. The zero-order valence-electron chi connectivity index (χ0n) is 17.5. The van der Waals surface area contributed by atoms with Crippen molar-refractivity contribution >= 4 is 29.0 Å². The summed E-state index contributed by atoms with van der Waals surface area (Å²) in [7, 11) is 2.20. The van der Waals surface area contributed by atoms with E-state index in [0.29, 0.717) is 28.4 Å². The minimum absolute atomic E-state index is 0.348. The molecule has 0 aliphatic carbocycles. The quantitative estimate of drug-likeness (QED) is 0.450. The number of anilines is 1. The number of rotatable bonds is 9. The first-order valence-corrected chi connectivity index (χ1v) is 11.3. The molecular weight excluding hydrogens is 433 g/mol. The maximum atomic E-state index is 6.24. The average Bonchev–Trinajstić information content (AvgIpc) is 3.40. The number of aromatic nitrogens is 3. The van der Waals surface area contributed by atoms with Gasteiger partial charge in [-0.1, -0.05) is 29.3 Å². The molecule has 0 saturated carbocycles. The van der Waals surface area contributed by atoms with Gasteiger partial charge in [0.2, 0.25) is 5.88 Å². The molecule has 2 aromatic heterocycles. The molecule has 1 aliphatic heterocycles. The number of likely N-dealkylation sites (tertiary alicyclic amines) is 1. The fourth-order valence-electron chi connectivity index (χ4n) is 4.03. The van der Waals surface area contributed by atoms with Crippen molar-refractivity contribution in [3.05, 3.63) is 70.2 Å². The first-order valence-electron chi connectivity index (χ1n) is 10.6. The zero-order chi connectivity index (χ0) is 21.6. The van der Waals surface area contributed by atoms with E-state index in [2.05, 4.69) is 32.2 Å². The number of hydrogen-bond donors (Lipinski definition) is 2. The molecule has 3 aromatic rings. The lowest BCUT2D eigenvalue weighted by Crippen LogP contribution is -2.27. The van der Waals surface area contributed by atoms with Crippen molar-refractivity contribution in [1.29, 1.82) is 0 Å². The number of imidazole rings is 1. The Morgan fingerprint density at radius 2 is 2.10 bits per heavy atom. The molecule has 6 nitrogen and oxygen atoms in total. The van der Waals surface area contributed by atoms with E-state index in [1.54, 1.807) is 18.5 Å². The van der Waals surface area contributed by atoms with E-state index in [1.165, 1.54) is 19.4 Å². The lowest BCUT2D eigenvalue weighted by Gasteiger charge is -2.20. The number of ether oxygens (including phenoxy) is 1. The lowest BCUT2D eigenvalue weighted by molar-refractivity contribution is 0.189. The Balaban J connectivity index is 1.42. The molecule has 1 saturated heterocycles. The number of aromatic amines is 1. The van der Waals surface area contributed by atoms with E-state index in [0.717, 1.165) is 30.2 Å². The van der Waals surface area contributed by atoms with E-state index in [4.69, 9.17) is 27.9 Å². The summed E-state index contributed by atoms with van der Waals surface area (Å²) in [5, 5.41) is 4.62. The minimum Gasteiger partial charge on any atom is -0.466 e. The van der Waals surface area contributed by atoms with Crippen LogP contribution in [-0.2, 0) is 6.42 Å². The smallest absolute Gasteiger partial charge is 0.215 e. The van der Waals surface area contributed by atoms with Crippen LogP contribution in [0, 0.1) is 0 Å². The predicted octanol–water partition coefficient (Wildman–Crippen LogP) is 5.37. The van der Waals surface area contributed by atoms with Crippen molar-refractivity contribution in [2.24, 2.45) is 0 Å². The van der Waals surface area contributed by atoms with E-state index in [-0.39, 0.29) is 6.10 Å². The van der Waals surface area contributed by atoms with Crippen LogP contribution in [-0.4, -0.2) is 46.0 Å². The second-order valence-electron chi connectivity index (χ2n) is 7.92. The molecule has 0 bridgehead atoms. The Kier molecular flexibility index (Phi) is 7.33. The molecule has 1 fully saturated rings. The van der Waals surface area contributed by atoms with Gasteiger partial charge >= 0.3 is 0 Å². The number of H-pyrrole nitrogens is 1. The summed E-state index contributed by atoms with van der Waals surface area (Å²) in [5.41, 5.74) is 0.967. The molecule has 8 heteroatoms. The Morgan fingerprint density at radius 3 is 2.81 bits per heavy atom. The highest BCUT2D eigenvalue weighted by molar-refractivity contribution is 6.34. The van der Waals surface area contributed by atoms with Gasteiger partial charge in [-0.05, 0) is 62.7 Å². The largest absolute Gasteiger partial charge is 0.466 e. The van der Waals surface area contributed by atoms with Crippen molar-refractivity contribution in [1.82, 2.24) is 19.9 Å². The minimum atomic E-state index is -0.348. The van der Waals surface area contributed by atoms with Crippen molar-refractivity contribution in [2.45, 2.75) is 37.8 Å². The zero-order valence-corrected chi connectivity index (χ0v) is 19.0. The number of benzene rings is 1. The lowest BCUT2D eigenvalue weighted by atomic mass is 10.1. The summed E-state index contributed by atoms with van der Waals surface area (Å²) in [4.78, 5) is 14.6. The second kappa shape index (κ2) is 10.4. The molecule has 0 radical (unpaired) electrons. The molecule has 0 amide bonds.